The summed E-state index contributed by atoms with van der Waals surface area (Å²) in [5, 5.41) is 17.1. The van der Waals surface area contributed by atoms with Gasteiger partial charge in [0.25, 0.3) is 0 Å². The minimum Gasteiger partial charge on any atom is -0.361 e. The van der Waals surface area contributed by atoms with Gasteiger partial charge in [-0.05, 0) is 31.1 Å². The van der Waals surface area contributed by atoms with Crippen LogP contribution >= 0.6 is 0 Å². The van der Waals surface area contributed by atoms with Crippen LogP contribution < -0.4 is 10.6 Å². The maximum atomic E-state index is 11.1. The maximum absolute atomic E-state index is 11.1. The normalized spacial score (nSPS) is 26.1. The van der Waals surface area contributed by atoms with E-state index in [2.05, 4.69) is 34.4 Å². The average molecular weight is 279 g/mol. The first-order valence-corrected chi connectivity index (χ1v) is 6.95. The molecule has 1 aromatic heterocycles. The van der Waals surface area contributed by atoms with Crippen LogP contribution in [0, 0.1) is 22.0 Å². The molecule has 20 heavy (non-hydrogen) atoms. The molecule has 1 heterocycles. The zero-order valence-corrected chi connectivity index (χ0v) is 12.1. The molecule has 2 atom stereocenters. The lowest BCUT2D eigenvalue weighted by Crippen LogP contribution is -2.30. The summed E-state index contributed by atoms with van der Waals surface area (Å²) in [6.45, 7) is 4.44. The molecule has 0 saturated heterocycles. The number of hydrogen-bond acceptors (Lipinski definition) is 6. The summed E-state index contributed by atoms with van der Waals surface area (Å²) in [4.78, 5) is 18.7. The molecule has 1 aliphatic carbocycles. The molecule has 0 amide bonds. The Morgan fingerprint density at radius 2 is 1.95 bits per heavy atom. The predicted octanol–water partition coefficient (Wildman–Crippen LogP) is 2.66. The standard InChI is InChI=1S/C13H21N5O2/c1-8-4-9(2)6-10(5-8)16-12-11(18(19)20)7-15-13(14-3)17-12/h7-10H,4-6H2,1-3H3,(H2,14,15,16,17). The van der Waals surface area contributed by atoms with Gasteiger partial charge in [0.1, 0.15) is 6.20 Å². The van der Waals surface area contributed by atoms with Gasteiger partial charge in [-0.15, -0.1) is 0 Å². The Hall–Kier alpha value is -1.92. The molecule has 0 spiro atoms. The Morgan fingerprint density at radius 3 is 2.50 bits per heavy atom. The van der Waals surface area contributed by atoms with Crippen molar-refractivity contribution in [2.24, 2.45) is 11.8 Å². The largest absolute Gasteiger partial charge is 0.361 e. The molecule has 2 N–H and O–H groups in total. The molecule has 0 aliphatic heterocycles. The van der Waals surface area contributed by atoms with Gasteiger partial charge in [-0.3, -0.25) is 10.1 Å². The van der Waals surface area contributed by atoms with Crippen molar-refractivity contribution in [1.82, 2.24) is 9.97 Å². The minimum absolute atomic E-state index is 0.0742. The highest BCUT2D eigenvalue weighted by Gasteiger charge is 2.26. The van der Waals surface area contributed by atoms with Crippen LogP contribution in [-0.4, -0.2) is 28.0 Å². The van der Waals surface area contributed by atoms with E-state index < -0.39 is 4.92 Å². The zero-order valence-electron chi connectivity index (χ0n) is 12.1. The van der Waals surface area contributed by atoms with Crippen LogP contribution in [0.1, 0.15) is 33.1 Å². The number of hydrogen-bond donors (Lipinski definition) is 2. The van der Waals surface area contributed by atoms with Crippen molar-refractivity contribution >= 4 is 17.5 Å². The molecule has 1 aliphatic rings. The van der Waals surface area contributed by atoms with E-state index >= 15 is 0 Å². The topological polar surface area (TPSA) is 93.0 Å². The quantitative estimate of drug-likeness (QED) is 0.650. The van der Waals surface area contributed by atoms with Gasteiger partial charge in [-0.2, -0.15) is 4.98 Å². The van der Waals surface area contributed by atoms with Crippen LogP contribution in [-0.2, 0) is 0 Å². The van der Waals surface area contributed by atoms with Gasteiger partial charge in [-0.25, -0.2) is 4.98 Å². The summed E-state index contributed by atoms with van der Waals surface area (Å²) >= 11 is 0. The number of rotatable bonds is 4. The van der Waals surface area contributed by atoms with E-state index in [9.17, 15) is 10.1 Å². The number of anilines is 2. The fraction of sp³-hybridized carbons (Fsp3) is 0.692. The Morgan fingerprint density at radius 1 is 1.30 bits per heavy atom. The molecule has 2 unspecified atom stereocenters. The van der Waals surface area contributed by atoms with Crippen LogP contribution in [0.5, 0.6) is 0 Å². The fourth-order valence-corrected chi connectivity index (χ4v) is 2.99. The fourth-order valence-electron chi connectivity index (χ4n) is 2.99. The third-order valence-electron chi connectivity index (χ3n) is 3.71. The molecule has 2 rings (SSSR count). The first-order valence-electron chi connectivity index (χ1n) is 6.95. The van der Waals surface area contributed by atoms with E-state index in [1.54, 1.807) is 7.05 Å². The molecule has 1 saturated carbocycles. The molecule has 0 aromatic carbocycles. The molecule has 0 bridgehead atoms. The summed E-state index contributed by atoms with van der Waals surface area (Å²) in [6.07, 6.45) is 4.49. The van der Waals surface area contributed by atoms with Crippen molar-refractivity contribution in [3.05, 3.63) is 16.3 Å². The van der Waals surface area contributed by atoms with Crippen LogP contribution in [0.4, 0.5) is 17.5 Å². The smallest absolute Gasteiger partial charge is 0.329 e. The van der Waals surface area contributed by atoms with Crippen molar-refractivity contribution in [2.45, 2.75) is 39.2 Å². The third-order valence-corrected chi connectivity index (χ3v) is 3.71. The van der Waals surface area contributed by atoms with E-state index in [0.717, 1.165) is 12.8 Å². The second kappa shape index (κ2) is 6.02. The SMILES string of the molecule is CNc1ncc([N+](=O)[O-])c(NC2CC(C)CC(C)C2)n1. The second-order valence-corrected chi connectivity index (χ2v) is 5.69. The van der Waals surface area contributed by atoms with E-state index in [-0.39, 0.29) is 11.7 Å². The maximum Gasteiger partial charge on any atom is 0.329 e. The van der Waals surface area contributed by atoms with Gasteiger partial charge in [-0.1, -0.05) is 13.8 Å². The van der Waals surface area contributed by atoms with Crippen molar-refractivity contribution < 1.29 is 4.92 Å². The molecular weight excluding hydrogens is 258 g/mol. The molecule has 7 heteroatoms. The Kier molecular flexibility index (Phi) is 4.36. The van der Waals surface area contributed by atoms with Gasteiger partial charge in [0.05, 0.1) is 4.92 Å². The van der Waals surface area contributed by atoms with Gasteiger partial charge >= 0.3 is 5.69 Å². The lowest BCUT2D eigenvalue weighted by molar-refractivity contribution is -0.384. The van der Waals surface area contributed by atoms with Crippen molar-refractivity contribution in [2.75, 3.05) is 17.7 Å². The molecular formula is C13H21N5O2. The van der Waals surface area contributed by atoms with Crippen molar-refractivity contribution in [3.63, 3.8) is 0 Å². The summed E-state index contributed by atoms with van der Waals surface area (Å²) in [7, 11) is 1.69. The van der Waals surface area contributed by atoms with E-state index in [0.29, 0.717) is 23.6 Å². The number of nitrogens with zero attached hydrogens (tertiary/aromatic N) is 3. The summed E-state index contributed by atoms with van der Waals surface area (Å²) in [6, 6.07) is 0.229. The number of aromatic nitrogens is 2. The highest BCUT2D eigenvalue weighted by atomic mass is 16.6. The van der Waals surface area contributed by atoms with Gasteiger partial charge < -0.3 is 10.6 Å². The highest BCUT2D eigenvalue weighted by Crippen LogP contribution is 2.32. The zero-order chi connectivity index (χ0) is 14.7. The lowest BCUT2D eigenvalue weighted by atomic mass is 9.80. The summed E-state index contributed by atoms with van der Waals surface area (Å²) in [5.41, 5.74) is -0.0742. The van der Waals surface area contributed by atoms with Crippen molar-refractivity contribution in [3.8, 4) is 0 Å². The molecule has 1 fully saturated rings. The van der Waals surface area contributed by atoms with E-state index in [1.807, 2.05) is 0 Å². The Labute approximate surface area is 118 Å². The molecule has 110 valence electrons. The second-order valence-electron chi connectivity index (χ2n) is 5.69. The Bertz CT molecular complexity index is 484. The number of nitrogens with one attached hydrogen (secondary N) is 2. The average Bonchev–Trinajstić information content (AvgIpc) is 2.37. The summed E-state index contributed by atoms with van der Waals surface area (Å²) in [5.74, 6) is 1.94. The molecule has 7 nitrogen and oxygen atoms in total. The molecule has 1 aromatic rings. The van der Waals surface area contributed by atoms with Crippen LogP contribution in [0.25, 0.3) is 0 Å². The van der Waals surface area contributed by atoms with Gasteiger partial charge in [0.15, 0.2) is 0 Å². The first-order chi connectivity index (χ1) is 9.49. The molecule has 0 radical (unpaired) electrons. The van der Waals surface area contributed by atoms with Crippen molar-refractivity contribution in [1.29, 1.82) is 0 Å². The van der Waals surface area contributed by atoms with Gasteiger partial charge in [0.2, 0.25) is 11.8 Å². The van der Waals surface area contributed by atoms with E-state index in [1.165, 1.54) is 12.6 Å². The third kappa shape index (κ3) is 3.34. The first kappa shape index (κ1) is 14.5. The van der Waals surface area contributed by atoms with Crippen LogP contribution in [0.2, 0.25) is 0 Å². The van der Waals surface area contributed by atoms with Crippen LogP contribution in [0.15, 0.2) is 6.20 Å². The van der Waals surface area contributed by atoms with Gasteiger partial charge in [0, 0.05) is 13.1 Å². The monoisotopic (exact) mass is 279 g/mol. The lowest BCUT2D eigenvalue weighted by Gasteiger charge is -2.32. The minimum atomic E-state index is -0.447. The van der Waals surface area contributed by atoms with Crippen LogP contribution in [0.3, 0.4) is 0 Å². The highest BCUT2D eigenvalue weighted by molar-refractivity contribution is 5.57. The van der Waals surface area contributed by atoms with E-state index in [4.69, 9.17) is 0 Å². The summed E-state index contributed by atoms with van der Waals surface area (Å²) < 4.78 is 0. The predicted molar refractivity (Wildman–Crippen MR) is 77.8 cm³/mol. The number of nitro groups is 1. The Balaban J connectivity index is 2.20.